The first-order valence-corrected chi connectivity index (χ1v) is 9.14. The summed E-state index contributed by atoms with van der Waals surface area (Å²) in [4.78, 5) is 28.0. The van der Waals surface area contributed by atoms with Crippen molar-refractivity contribution in [3.8, 4) is 0 Å². The summed E-state index contributed by atoms with van der Waals surface area (Å²) in [5.74, 6) is -0.0612. The number of aryl methyl sites for hydroxylation is 1. The number of pyridine rings is 1. The van der Waals surface area contributed by atoms with Crippen LogP contribution >= 0.6 is 0 Å². The van der Waals surface area contributed by atoms with Gasteiger partial charge in [0.2, 0.25) is 5.91 Å². The van der Waals surface area contributed by atoms with E-state index in [1.54, 1.807) is 36.7 Å². The molecule has 7 nitrogen and oxygen atoms in total. The van der Waals surface area contributed by atoms with Crippen LogP contribution in [0.25, 0.3) is 0 Å². The van der Waals surface area contributed by atoms with Gasteiger partial charge < -0.3 is 20.7 Å². The van der Waals surface area contributed by atoms with Gasteiger partial charge in [-0.05, 0) is 55.2 Å². The molecule has 2 aromatic rings. The van der Waals surface area contributed by atoms with Crippen molar-refractivity contribution in [1.82, 2.24) is 10.3 Å². The lowest BCUT2D eigenvalue weighted by Crippen LogP contribution is -2.35. The fourth-order valence-corrected chi connectivity index (χ4v) is 2.85. The molecule has 0 saturated carbocycles. The van der Waals surface area contributed by atoms with Crippen molar-refractivity contribution in [2.45, 2.75) is 31.8 Å². The van der Waals surface area contributed by atoms with Gasteiger partial charge >= 0.3 is 6.03 Å². The highest BCUT2D eigenvalue weighted by Gasteiger charge is 2.16. The van der Waals surface area contributed by atoms with Crippen LogP contribution in [0, 0.1) is 0 Å². The van der Waals surface area contributed by atoms with E-state index in [2.05, 4.69) is 20.9 Å². The Morgan fingerprint density at radius 3 is 2.56 bits per heavy atom. The van der Waals surface area contributed by atoms with Crippen LogP contribution in [-0.2, 0) is 16.0 Å². The number of benzene rings is 1. The van der Waals surface area contributed by atoms with Crippen molar-refractivity contribution in [2.75, 3.05) is 23.8 Å². The van der Waals surface area contributed by atoms with E-state index in [0.717, 1.165) is 25.0 Å². The van der Waals surface area contributed by atoms with E-state index in [0.29, 0.717) is 30.8 Å². The number of nitrogens with zero attached hydrogens (tertiary/aromatic N) is 1. The number of amides is 3. The predicted octanol–water partition coefficient (Wildman–Crippen LogP) is 2.95. The van der Waals surface area contributed by atoms with Crippen molar-refractivity contribution in [1.29, 1.82) is 0 Å². The Morgan fingerprint density at radius 1 is 1.11 bits per heavy atom. The SMILES string of the molecule is O=C(CCc1cccnc1)Nc1ccc(NC(=O)NCC2CCCO2)cc1. The average molecular weight is 368 g/mol. The molecule has 1 aromatic heterocycles. The lowest BCUT2D eigenvalue weighted by Gasteiger charge is -2.12. The molecule has 3 rings (SSSR count). The molecule has 1 aromatic carbocycles. The summed E-state index contributed by atoms with van der Waals surface area (Å²) < 4.78 is 5.47. The number of anilines is 2. The fourth-order valence-electron chi connectivity index (χ4n) is 2.85. The second-order valence-electron chi connectivity index (χ2n) is 6.46. The normalized spacial score (nSPS) is 15.9. The Kier molecular flexibility index (Phi) is 6.76. The van der Waals surface area contributed by atoms with E-state index in [9.17, 15) is 9.59 Å². The second-order valence-corrected chi connectivity index (χ2v) is 6.46. The summed E-state index contributed by atoms with van der Waals surface area (Å²) in [6.07, 6.45) is 6.64. The Morgan fingerprint density at radius 2 is 1.89 bits per heavy atom. The van der Waals surface area contributed by atoms with Crippen LogP contribution in [0.15, 0.2) is 48.8 Å². The summed E-state index contributed by atoms with van der Waals surface area (Å²) in [6, 6.07) is 10.6. The number of hydrogen-bond donors (Lipinski definition) is 3. The molecule has 1 saturated heterocycles. The minimum atomic E-state index is -0.265. The van der Waals surface area contributed by atoms with Crippen molar-refractivity contribution in [2.24, 2.45) is 0 Å². The lowest BCUT2D eigenvalue weighted by molar-refractivity contribution is -0.116. The van der Waals surface area contributed by atoms with Gasteiger partial charge in [0.25, 0.3) is 0 Å². The molecular weight excluding hydrogens is 344 g/mol. The number of nitrogens with one attached hydrogen (secondary N) is 3. The molecule has 1 aliphatic rings. The van der Waals surface area contributed by atoms with Gasteiger partial charge in [-0.25, -0.2) is 4.79 Å². The summed E-state index contributed by atoms with van der Waals surface area (Å²) in [6.45, 7) is 1.28. The minimum absolute atomic E-state index is 0.0612. The third-order valence-corrected chi connectivity index (χ3v) is 4.30. The number of rotatable bonds is 7. The maximum Gasteiger partial charge on any atom is 0.319 e. The van der Waals surface area contributed by atoms with Crippen LogP contribution in [0.3, 0.4) is 0 Å². The van der Waals surface area contributed by atoms with Gasteiger partial charge in [-0.3, -0.25) is 9.78 Å². The van der Waals surface area contributed by atoms with Gasteiger partial charge in [-0.15, -0.1) is 0 Å². The summed E-state index contributed by atoms with van der Waals surface area (Å²) in [5.41, 5.74) is 2.38. The number of ether oxygens (including phenoxy) is 1. The summed E-state index contributed by atoms with van der Waals surface area (Å²) in [7, 11) is 0. The van der Waals surface area contributed by atoms with Crippen LogP contribution in [0.1, 0.15) is 24.8 Å². The number of hydrogen-bond acceptors (Lipinski definition) is 4. The van der Waals surface area contributed by atoms with E-state index >= 15 is 0 Å². The van der Waals surface area contributed by atoms with Crippen LogP contribution in [0.2, 0.25) is 0 Å². The molecule has 7 heteroatoms. The maximum atomic E-state index is 12.0. The third-order valence-electron chi connectivity index (χ3n) is 4.30. The highest BCUT2D eigenvalue weighted by Crippen LogP contribution is 2.14. The highest BCUT2D eigenvalue weighted by atomic mass is 16.5. The van der Waals surface area contributed by atoms with Crippen LogP contribution < -0.4 is 16.0 Å². The van der Waals surface area contributed by atoms with E-state index in [-0.39, 0.29) is 18.0 Å². The smallest absolute Gasteiger partial charge is 0.319 e. The fraction of sp³-hybridized carbons (Fsp3) is 0.350. The first kappa shape index (κ1) is 18.8. The number of carbonyl (C=O) groups excluding carboxylic acids is 2. The number of aromatic nitrogens is 1. The molecule has 1 aliphatic heterocycles. The number of carbonyl (C=O) groups is 2. The van der Waals surface area contributed by atoms with Crippen molar-refractivity contribution in [3.63, 3.8) is 0 Å². The molecule has 3 N–H and O–H groups in total. The summed E-state index contributed by atoms with van der Waals surface area (Å²) in [5, 5.41) is 8.42. The zero-order valence-electron chi connectivity index (χ0n) is 15.1. The Balaban J connectivity index is 1.39. The van der Waals surface area contributed by atoms with E-state index in [1.165, 1.54) is 0 Å². The Labute approximate surface area is 158 Å². The molecule has 0 spiro atoms. The predicted molar refractivity (Wildman–Crippen MR) is 104 cm³/mol. The van der Waals surface area contributed by atoms with Gasteiger partial charge in [0.05, 0.1) is 6.10 Å². The molecule has 0 radical (unpaired) electrons. The molecule has 0 aliphatic carbocycles. The van der Waals surface area contributed by atoms with Gasteiger partial charge in [0, 0.05) is 43.3 Å². The number of urea groups is 1. The first-order valence-electron chi connectivity index (χ1n) is 9.14. The zero-order valence-corrected chi connectivity index (χ0v) is 15.1. The van der Waals surface area contributed by atoms with Crippen LogP contribution in [-0.4, -0.2) is 36.2 Å². The Bertz CT molecular complexity index is 744. The van der Waals surface area contributed by atoms with Crippen LogP contribution in [0.4, 0.5) is 16.2 Å². The molecular formula is C20H24N4O3. The van der Waals surface area contributed by atoms with Gasteiger partial charge in [0.1, 0.15) is 0 Å². The molecule has 1 unspecified atom stereocenters. The van der Waals surface area contributed by atoms with E-state index in [1.807, 2.05) is 12.1 Å². The first-order chi connectivity index (χ1) is 13.2. The molecule has 27 heavy (non-hydrogen) atoms. The molecule has 2 heterocycles. The minimum Gasteiger partial charge on any atom is -0.376 e. The van der Waals surface area contributed by atoms with Gasteiger partial charge in [-0.1, -0.05) is 6.07 Å². The zero-order chi connectivity index (χ0) is 18.9. The van der Waals surface area contributed by atoms with Crippen LogP contribution in [0.5, 0.6) is 0 Å². The van der Waals surface area contributed by atoms with E-state index < -0.39 is 0 Å². The maximum absolute atomic E-state index is 12.0. The molecule has 1 fully saturated rings. The quantitative estimate of drug-likeness (QED) is 0.701. The van der Waals surface area contributed by atoms with Gasteiger partial charge in [-0.2, -0.15) is 0 Å². The van der Waals surface area contributed by atoms with Crippen molar-refractivity contribution in [3.05, 3.63) is 54.4 Å². The molecule has 0 bridgehead atoms. The van der Waals surface area contributed by atoms with E-state index in [4.69, 9.17) is 4.74 Å². The lowest BCUT2D eigenvalue weighted by atomic mass is 10.1. The summed E-state index contributed by atoms with van der Waals surface area (Å²) >= 11 is 0. The van der Waals surface area contributed by atoms with Crippen molar-refractivity contribution < 1.29 is 14.3 Å². The largest absolute Gasteiger partial charge is 0.376 e. The molecule has 3 amide bonds. The van der Waals surface area contributed by atoms with Crippen molar-refractivity contribution >= 4 is 23.3 Å². The average Bonchev–Trinajstić information content (AvgIpc) is 3.21. The Hall–Kier alpha value is -2.93. The highest BCUT2D eigenvalue weighted by molar-refractivity contribution is 5.92. The molecule has 1 atom stereocenters. The third kappa shape index (κ3) is 6.38. The second kappa shape index (κ2) is 9.68. The standard InChI is InChI=1S/C20H24N4O3/c25-19(10-5-15-3-1-11-21-13-15)23-16-6-8-17(9-7-16)24-20(26)22-14-18-4-2-12-27-18/h1,3,6-9,11,13,18H,2,4-5,10,12,14H2,(H,23,25)(H2,22,24,26). The molecule has 142 valence electrons. The van der Waals surface area contributed by atoms with Gasteiger partial charge in [0.15, 0.2) is 0 Å². The monoisotopic (exact) mass is 368 g/mol. The topological polar surface area (TPSA) is 92.4 Å².